The van der Waals surface area contributed by atoms with Crippen LogP contribution in [0.4, 0.5) is 0 Å². The fourth-order valence-corrected chi connectivity index (χ4v) is 4.96. The number of aryl methyl sites for hydroxylation is 1. The van der Waals surface area contributed by atoms with Crippen molar-refractivity contribution in [3.8, 4) is 0 Å². The second-order valence-corrected chi connectivity index (χ2v) is 9.75. The Labute approximate surface area is 221 Å². The van der Waals surface area contributed by atoms with E-state index in [1.165, 1.54) is 0 Å². The summed E-state index contributed by atoms with van der Waals surface area (Å²) in [5, 5.41) is 14.1. The summed E-state index contributed by atoms with van der Waals surface area (Å²) in [6, 6.07) is 12.0. The number of nitrogens with zero attached hydrogens (tertiary/aromatic N) is 6. The van der Waals surface area contributed by atoms with Crippen molar-refractivity contribution in [1.29, 1.82) is 0 Å². The molecular weight excluding hydrogens is 484 g/mol. The second-order valence-electron chi connectivity index (χ2n) is 9.75. The van der Waals surface area contributed by atoms with Crippen LogP contribution in [-0.2, 0) is 40.4 Å². The number of hydrogen-bond donors (Lipinski definition) is 2. The molecule has 2 bridgehead atoms. The quantitative estimate of drug-likeness (QED) is 0.518. The highest BCUT2D eigenvalue weighted by Gasteiger charge is 2.38. The maximum absolute atomic E-state index is 14.0. The Morgan fingerprint density at radius 1 is 0.974 bits per heavy atom. The third-order valence-corrected chi connectivity index (χ3v) is 6.92. The predicted molar refractivity (Wildman–Crippen MR) is 138 cm³/mol. The van der Waals surface area contributed by atoms with E-state index < -0.39 is 12.1 Å². The van der Waals surface area contributed by atoms with E-state index in [-0.39, 0.29) is 30.7 Å². The Hall–Kier alpha value is -4.12. The van der Waals surface area contributed by atoms with Gasteiger partial charge in [0.05, 0.1) is 12.7 Å². The molecular formula is C27H32N8O3. The van der Waals surface area contributed by atoms with Crippen molar-refractivity contribution in [3.63, 3.8) is 0 Å². The molecule has 1 aromatic carbocycles. The molecule has 38 heavy (non-hydrogen) atoms. The molecule has 5 rings (SSSR count). The van der Waals surface area contributed by atoms with Crippen molar-refractivity contribution in [2.45, 2.75) is 51.0 Å². The Balaban J connectivity index is 1.41. The first kappa shape index (κ1) is 25.5. The minimum atomic E-state index is -0.771. The van der Waals surface area contributed by atoms with Gasteiger partial charge < -0.3 is 15.5 Å². The Kier molecular flexibility index (Phi) is 8.03. The fraction of sp³-hybridized carbons (Fsp3) is 0.407. The smallest absolute Gasteiger partial charge is 0.246 e. The van der Waals surface area contributed by atoms with E-state index in [4.69, 9.17) is 0 Å². The van der Waals surface area contributed by atoms with E-state index in [0.717, 1.165) is 11.1 Å². The van der Waals surface area contributed by atoms with Gasteiger partial charge in [-0.25, -0.2) is 0 Å². The zero-order chi connectivity index (χ0) is 26.3. The molecule has 4 heterocycles. The lowest BCUT2D eigenvalue weighted by Gasteiger charge is -2.42. The summed E-state index contributed by atoms with van der Waals surface area (Å²) < 4.78 is 1.67. The highest BCUT2D eigenvalue weighted by molar-refractivity contribution is 5.92. The molecule has 0 aliphatic carbocycles. The molecule has 2 aliphatic heterocycles. The fourth-order valence-electron chi connectivity index (χ4n) is 4.96. The van der Waals surface area contributed by atoms with Crippen LogP contribution in [0.25, 0.3) is 0 Å². The lowest BCUT2D eigenvalue weighted by atomic mass is 10.0. The second kappa shape index (κ2) is 12.0. The molecule has 2 aromatic heterocycles. The van der Waals surface area contributed by atoms with E-state index in [0.29, 0.717) is 51.3 Å². The number of rotatable bonds is 4. The summed E-state index contributed by atoms with van der Waals surface area (Å²) >= 11 is 0. The summed E-state index contributed by atoms with van der Waals surface area (Å²) in [6.45, 7) is 2.69. The Morgan fingerprint density at radius 2 is 1.82 bits per heavy atom. The highest BCUT2D eigenvalue weighted by Crippen LogP contribution is 2.17. The van der Waals surface area contributed by atoms with E-state index in [2.05, 4.69) is 30.8 Å². The molecule has 11 heteroatoms. The van der Waals surface area contributed by atoms with Gasteiger partial charge in [0.2, 0.25) is 17.7 Å². The van der Waals surface area contributed by atoms with Gasteiger partial charge in [0, 0.05) is 58.0 Å². The van der Waals surface area contributed by atoms with Gasteiger partial charge in [0.1, 0.15) is 17.8 Å². The van der Waals surface area contributed by atoms with Crippen LogP contribution in [0.3, 0.4) is 0 Å². The van der Waals surface area contributed by atoms with Crippen molar-refractivity contribution >= 4 is 17.7 Å². The number of carbonyl (C=O) groups is 3. The molecule has 2 N–H and O–H groups in total. The van der Waals surface area contributed by atoms with E-state index in [9.17, 15) is 14.4 Å². The first-order valence-electron chi connectivity index (χ1n) is 13.0. The molecule has 0 radical (unpaired) electrons. The molecule has 198 valence electrons. The van der Waals surface area contributed by atoms with Crippen LogP contribution in [0.5, 0.6) is 0 Å². The van der Waals surface area contributed by atoms with Gasteiger partial charge in [-0.2, -0.15) is 0 Å². The first-order valence-corrected chi connectivity index (χ1v) is 13.0. The van der Waals surface area contributed by atoms with Crippen LogP contribution in [0.15, 0.2) is 61.1 Å². The standard InChI is InChI=1S/C27H32N8O3/c36-25-9-5-11-34-18-22(31-32-34)16-29-26(37)24-19-33(17-21-8-4-10-28-15-21)12-13-35(24)27(38)23(30-25)14-20-6-2-1-3-7-20/h1-4,6-8,10,15,18,23-24H,5,9,11-14,16-17,19H2,(H,29,37)(H,30,36)/t23-,24+/m0/s1. The largest absolute Gasteiger partial charge is 0.348 e. The Bertz CT molecular complexity index is 1250. The van der Waals surface area contributed by atoms with Crippen molar-refractivity contribution in [2.75, 3.05) is 19.6 Å². The number of fused-ring (bicyclic) bond motifs is 3. The van der Waals surface area contributed by atoms with E-state index >= 15 is 0 Å². The topological polar surface area (TPSA) is 125 Å². The lowest BCUT2D eigenvalue weighted by molar-refractivity contribution is -0.146. The lowest BCUT2D eigenvalue weighted by Crippen LogP contribution is -2.63. The number of amides is 3. The van der Waals surface area contributed by atoms with Gasteiger partial charge in [0.25, 0.3) is 0 Å². The molecule has 0 spiro atoms. The third kappa shape index (κ3) is 6.41. The Morgan fingerprint density at radius 3 is 2.63 bits per heavy atom. The number of pyridine rings is 1. The van der Waals surface area contributed by atoms with Crippen molar-refractivity contribution in [2.24, 2.45) is 0 Å². The monoisotopic (exact) mass is 516 g/mol. The zero-order valence-electron chi connectivity index (χ0n) is 21.2. The average molecular weight is 517 g/mol. The van der Waals surface area contributed by atoms with Crippen LogP contribution < -0.4 is 10.6 Å². The van der Waals surface area contributed by atoms with Crippen molar-refractivity contribution < 1.29 is 14.4 Å². The molecule has 3 amide bonds. The normalized spacial score (nSPS) is 21.6. The third-order valence-electron chi connectivity index (χ3n) is 6.92. The average Bonchev–Trinajstić information content (AvgIpc) is 3.39. The van der Waals surface area contributed by atoms with E-state index in [1.807, 2.05) is 48.7 Å². The molecule has 2 aliphatic rings. The predicted octanol–water partition coefficient (Wildman–Crippen LogP) is 0.524. The molecule has 3 aromatic rings. The van der Waals surface area contributed by atoms with Crippen molar-refractivity contribution in [3.05, 3.63) is 77.9 Å². The van der Waals surface area contributed by atoms with Crippen LogP contribution >= 0.6 is 0 Å². The summed E-state index contributed by atoms with van der Waals surface area (Å²) in [4.78, 5) is 48.3. The van der Waals surface area contributed by atoms with Gasteiger partial charge >= 0.3 is 0 Å². The van der Waals surface area contributed by atoms with Crippen LogP contribution in [0.2, 0.25) is 0 Å². The molecule has 1 fully saturated rings. The summed E-state index contributed by atoms with van der Waals surface area (Å²) in [7, 11) is 0. The van der Waals surface area contributed by atoms with Crippen LogP contribution in [0, 0.1) is 0 Å². The van der Waals surface area contributed by atoms with E-state index in [1.54, 1.807) is 22.0 Å². The van der Waals surface area contributed by atoms with Gasteiger partial charge in [-0.15, -0.1) is 5.10 Å². The number of aromatic nitrogens is 4. The van der Waals surface area contributed by atoms with Gasteiger partial charge in [-0.1, -0.05) is 41.6 Å². The van der Waals surface area contributed by atoms with Gasteiger partial charge in [-0.3, -0.25) is 28.9 Å². The number of hydrogen-bond acceptors (Lipinski definition) is 7. The van der Waals surface area contributed by atoms with Gasteiger partial charge in [0.15, 0.2) is 0 Å². The number of nitrogens with one attached hydrogen (secondary N) is 2. The van der Waals surface area contributed by atoms with Gasteiger partial charge in [-0.05, 0) is 23.6 Å². The summed E-state index contributed by atoms with van der Waals surface area (Å²) in [6.07, 6.45) is 6.47. The number of carbonyl (C=O) groups excluding carboxylic acids is 3. The SMILES string of the molecule is O=C1CCCn2cc(nn2)CNC(=O)[C@H]2CN(Cc3cccnc3)CCN2C(=O)[C@H](Cc2ccccc2)N1. The van der Waals surface area contributed by atoms with Crippen molar-refractivity contribution in [1.82, 2.24) is 40.4 Å². The summed E-state index contributed by atoms with van der Waals surface area (Å²) in [5.41, 5.74) is 2.60. The molecule has 0 saturated carbocycles. The molecule has 2 atom stereocenters. The van der Waals surface area contributed by atoms with Crippen LogP contribution in [0.1, 0.15) is 29.7 Å². The molecule has 0 unspecified atom stereocenters. The maximum atomic E-state index is 14.0. The zero-order valence-corrected chi connectivity index (χ0v) is 21.2. The first-order chi connectivity index (χ1) is 18.5. The molecule has 11 nitrogen and oxygen atoms in total. The summed E-state index contributed by atoms with van der Waals surface area (Å²) in [5.74, 6) is -0.712. The molecule has 1 saturated heterocycles. The van der Waals surface area contributed by atoms with Crippen LogP contribution in [-0.4, -0.2) is 79.2 Å². The number of piperazine rings is 1. The minimum Gasteiger partial charge on any atom is -0.348 e. The highest BCUT2D eigenvalue weighted by atomic mass is 16.2. The maximum Gasteiger partial charge on any atom is 0.246 e. The number of benzene rings is 1. The minimum absolute atomic E-state index is 0.203.